The summed E-state index contributed by atoms with van der Waals surface area (Å²) in [5, 5.41) is 0. The third-order valence-corrected chi connectivity index (χ3v) is 0.815. The summed E-state index contributed by atoms with van der Waals surface area (Å²) in [6, 6.07) is 0. The first-order valence-corrected chi connectivity index (χ1v) is 2.73. The van der Waals surface area contributed by atoms with Crippen LogP contribution >= 0.6 is 0 Å². The molecule has 3 nitrogen and oxygen atoms in total. The van der Waals surface area contributed by atoms with E-state index in [2.05, 4.69) is 4.74 Å². The van der Waals surface area contributed by atoms with Gasteiger partial charge in [0.2, 0.25) is 0 Å². The second kappa shape index (κ2) is 5.31. The molecule has 52 valence electrons. The van der Waals surface area contributed by atoms with Crippen LogP contribution in [0.25, 0.3) is 0 Å². The molecule has 0 saturated heterocycles. The van der Waals surface area contributed by atoms with Crippen LogP contribution in [0.5, 0.6) is 0 Å². The predicted molar refractivity (Wildman–Crippen MR) is 34.8 cm³/mol. The Morgan fingerprint density at radius 2 is 2.33 bits per heavy atom. The minimum absolute atomic E-state index is 0.236. The van der Waals surface area contributed by atoms with Crippen LogP contribution in [-0.2, 0) is 9.53 Å². The summed E-state index contributed by atoms with van der Waals surface area (Å²) < 4.78 is 4.37. The second-order valence-corrected chi connectivity index (χ2v) is 1.49. The maximum atomic E-state index is 10.4. The molecule has 2 N–H and O–H groups in total. The van der Waals surface area contributed by atoms with E-state index in [0.717, 1.165) is 0 Å². The number of rotatable bonds is 3. The molecular weight excluding hydrogens is 118 g/mol. The van der Waals surface area contributed by atoms with Crippen LogP contribution in [0.1, 0.15) is 6.42 Å². The van der Waals surface area contributed by atoms with Crippen LogP contribution < -0.4 is 5.73 Å². The fourth-order valence-electron chi connectivity index (χ4n) is 0.359. The third kappa shape index (κ3) is 5.03. The SMILES string of the molecule is COC(=O)C/C=C\CN. The zero-order valence-electron chi connectivity index (χ0n) is 5.46. The van der Waals surface area contributed by atoms with Gasteiger partial charge >= 0.3 is 5.97 Å². The lowest BCUT2D eigenvalue weighted by Gasteiger charge is -1.90. The minimum atomic E-state index is -0.236. The Morgan fingerprint density at radius 3 is 2.78 bits per heavy atom. The van der Waals surface area contributed by atoms with Crippen LogP contribution in [0.2, 0.25) is 0 Å². The van der Waals surface area contributed by atoms with Crippen LogP contribution in [0, 0.1) is 0 Å². The Labute approximate surface area is 54.5 Å². The predicted octanol–water partition coefficient (Wildman–Crippen LogP) is 0.0644. The summed E-state index contributed by atoms with van der Waals surface area (Å²) in [4.78, 5) is 10.4. The van der Waals surface area contributed by atoms with E-state index in [1.165, 1.54) is 7.11 Å². The Kier molecular flexibility index (Phi) is 4.82. The highest BCUT2D eigenvalue weighted by atomic mass is 16.5. The monoisotopic (exact) mass is 129 g/mol. The van der Waals surface area contributed by atoms with E-state index in [-0.39, 0.29) is 5.97 Å². The maximum Gasteiger partial charge on any atom is 0.309 e. The van der Waals surface area contributed by atoms with Gasteiger partial charge < -0.3 is 10.5 Å². The molecule has 0 aliphatic rings. The fraction of sp³-hybridized carbons (Fsp3) is 0.500. The number of nitrogens with two attached hydrogens (primary N) is 1. The molecule has 0 radical (unpaired) electrons. The van der Waals surface area contributed by atoms with Gasteiger partial charge in [-0.1, -0.05) is 12.2 Å². The number of carbonyl (C=O) groups is 1. The van der Waals surface area contributed by atoms with Crippen molar-refractivity contribution in [1.82, 2.24) is 0 Å². The van der Waals surface area contributed by atoms with E-state index in [4.69, 9.17) is 5.73 Å². The molecule has 0 bridgehead atoms. The lowest BCUT2D eigenvalue weighted by molar-refractivity contribution is -0.139. The van der Waals surface area contributed by atoms with Gasteiger partial charge in [0.05, 0.1) is 13.5 Å². The van der Waals surface area contributed by atoms with Crippen molar-refractivity contribution in [2.75, 3.05) is 13.7 Å². The van der Waals surface area contributed by atoms with Crippen molar-refractivity contribution in [3.05, 3.63) is 12.2 Å². The van der Waals surface area contributed by atoms with Crippen molar-refractivity contribution < 1.29 is 9.53 Å². The van der Waals surface area contributed by atoms with Crippen LogP contribution in [0.3, 0.4) is 0 Å². The van der Waals surface area contributed by atoms with Gasteiger partial charge in [-0.15, -0.1) is 0 Å². The lowest BCUT2D eigenvalue weighted by atomic mass is 10.4. The summed E-state index contributed by atoms with van der Waals surface area (Å²) >= 11 is 0. The number of esters is 1. The molecule has 0 fully saturated rings. The van der Waals surface area contributed by atoms with Crippen molar-refractivity contribution in [2.45, 2.75) is 6.42 Å². The number of hydrogen-bond donors (Lipinski definition) is 1. The molecular formula is C6H11NO2. The number of carbonyl (C=O) groups excluding carboxylic acids is 1. The Morgan fingerprint density at radius 1 is 1.67 bits per heavy atom. The van der Waals surface area contributed by atoms with Gasteiger partial charge in [0.1, 0.15) is 0 Å². The average molecular weight is 129 g/mol. The topological polar surface area (TPSA) is 52.3 Å². The molecule has 0 heterocycles. The molecule has 0 saturated carbocycles. The van der Waals surface area contributed by atoms with Crippen molar-refractivity contribution >= 4 is 5.97 Å². The molecule has 0 unspecified atom stereocenters. The van der Waals surface area contributed by atoms with E-state index in [1.54, 1.807) is 12.2 Å². The van der Waals surface area contributed by atoms with E-state index in [0.29, 0.717) is 13.0 Å². The molecule has 0 aromatic heterocycles. The van der Waals surface area contributed by atoms with Gasteiger partial charge in [0.25, 0.3) is 0 Å². The van der Waals surface area contributed by atoms with Crippen molar-refractivity contribution in [3.63, 3.8) is 0 Å². The van der Waals surface area contributed by atoms with Gasteiger partial charge in [-0.25, -0.2) is 0 Å². The maximum absolute atomic E-state index is 10.4. The van der Waals surface area contributed by atoms with Gasteiger partial charge in [-0.2, -0.15) is 0 Å². The van der Waals surface area contributed by atoms with Crippen molar-refractivity contribution in [3.8, 4) is 0 Å². The van der Waals surface area contributed by atoms with Gasteiger partial charge in [-0.3, -0.25) is 4.79 Å². The molecule has 0 atom stereocenters. The largest absolute Gasteiger partial charge is 0.469 e. The molecule has 0 aromatic carbocycles. The molecule has 0 aliphatic heterocycles. The molecule has 0 rings (SSSR count). The van der Waals surface area contributed by atoms with Crippen LogP contribution in [0.4, 0.5) is 0 Å². The van der Waals surface area contributed by atoms with Crippen molar-refractivity contribution in [2.24, 2.45) is 5.73 Å². The molecule has 0 aliphatic carbocycles. The first kappa shape index (κ1) is 8.17. The highest BCUT2D eigenvalue weighted by Gasteiger charge is 1.91. The van der Waals surface area contributed by atoms with E-state index in [1.807, 2.05) is 0 Å². The molecule has 9 heavy (non-hydrogen) atoms. The summed E-state index contributed by atoms with van der Waals surface area (Å²) in [5.74, 6) is -0.236. The molecule has 0 amide bonds. The summed E-state index contributed by atoms with van der Waals surface area (Å²) in [5.41, 5.74) is 5.12. The standard InChI is InChI=1S/C6H11NO2/c1-9-6(8)4-2-3-5-7/h2-3H,4-5,7H2,1H3/b3-2-. The molecule has 3 heteroatoms. The van der Waals surface area contributed by atoms with Crippen LogP contribution in [0.15, 0.2) is 12.2 Å². The summed E-state index contributed by atoms with van der Waals surface area (Å²) in [6.45, 7) is 0.469. The number of hydrogen-bond acceptors (Lipinski definition) is 3. The van der Waals surface area contributed by atoms with Gasteiger partial charge in [-0.05, 0) is 0 Å². The normalized spacial score (nSPS) is 10.0. The first-order valence-electron chi connectivity index (χ1n) is 2.73. The smallest absolute Gasteiger partial charge is 0.309 e. The highest BCUT2D eigenvalue weighted by Crippen LogP contribution is 1.84. The average Bonchev–Trinajstić information content (AvgIpc) is 1.89. The number of ether oxygens (including phenoxy) is 1. The van der Waals surface area contributed by atoms with E-state index in [9.17, 15) is 4.79 Å². The quantitative estimate of drug-likeness (QED) is 0.433. The Balaban J connectivity index is 3.26. The lowest BCUT2D eigenvalue weighted by Crippen LogP contribution is -1.98. The van der Waals surface area contributed by atoms with Gasteiger partial charge in [0.15, 0.2) is 0 Å². The summed E-state index contributed by atoms with van der Waals surface area (Å²) in [6.07, 6.45) is 3.72. The minimum Gasteiger partial charge on any atom is -0.469 e. The fourth-order valence-corrected chi connectivity index (χ4v) is 0.359. The van der Waals surface area contributed by atoms with E-state index >= 15 is 0 Å². The zero-order chi connectivity index (χ0) is 7.11. The van der Waals surface area contributed by atoms with E-state index < -0.39 is 0 Å². The first-order chi connectivity index (χ1) is 4.31. The number of methoxy groups -OCH3 is 1. The third-order valence-electron chi connectivity index (χ3n) is 0.815. The molecule has 0 aromatic rings. The second-order valence-electron chi connectivity index (χ2n) is 1.49. The van der Waals surface area contributed by atoms with Crippen LogP contribution in [-0.4, -0.2) is 19.6 Å². The Hall–Kier alpha value is -0.830. The highest BCUT2D eigenvalue weighted by molar-refractivity contribution is 5.70. The van der Waals surface area contributed by atoms with Crippen molar-refractivity contribution in [1.29, 1.82) is 0 Å². The molecule has 0 spiro atoms. The Bertz CT molecular complexity index is 110. The summed E-state index contributed by atoms with van der Waals surface area (Å²) in [7, 11) is 1.36. The zero-order valence-corrected chi connectivity index (χ0v) is 5.46. The van der Waals surface area contributed by atoms with Gasteiger partial charge in [0, 0.05) is 6.54 Å².